The first kappa shape index (κ1) is 17.5. The number of nitrogens with zero attached hydrogens (tertiary/aromatic N) is 3. The topological polar surface area (TPSA) is 51.4 Å². The number of ether oxygens (including phenoxy) is 1. The molecule has 1 aliphatic heterocycles. The van der Waals surface area contributed by atoms with Crippen molar-refractivity contribution >= 4 is 0 Å². The van der Waals surface area contributed by atoms with Gasteiger partial charge in [0, 0.05) is 37.1 Å². The molecule has 0 amide bonds. The quantitative estimate of drug-likeness (QED) is 0.801. The summed E-state index contributed by atoms with van der Waals surface area (Å²) in [6, 6.07) is 4.31. The monoisotopic (exact) mass is 355 g/mol. The lowest BCUT2D eigenvalue weighted by molar-refractivity contribution is 0.159. The van der Waals surface area contributed by atoms with Crippen LogP contribution in [0.1, 0.15) is 55.5 Å². The van der Waals surface area contributed by atoms with E-state index in [1.807, 2.05) is 26.0 Å². The van der Waals surface area contributed by atoms with Crippen LogP contribution in [0.5, 0.6) is 5.75 Å². The van der Waals surface area contributed by atoms with Gasteiger partial charge in [-0.2, -0.15) is 0 Å². The van der Waals surface area contributed by atoms with E-state index in [2.05, 4.69) is 15.0 Å². The van der Waals surface area contributed by atoms with Crippen LogP contribution in [0.2, 0.25) is 0 Å². The van der Waals surface area contributed by atoms with Crippen molar-refractivity contribution in [2.75, 3.05) is 13.2 Å². The normalized spacial score (nSPS) is 22.8. The third-order valence-electron chi connectivity index (χ3n) is 6.27. The second-order valence-electron chi connectivity index (χ2n) is 8.12. The highest BCUT2D eigenvalue weighted by Gasteiger charge is 2.44. The molecule has 0 N–H and O–H groups in total. The zero-order valence-electron chi connectivity index (χ0n) is 15.9. The Labute approximate surface area is 155 Å². The first-order chi connectivity index (χ1) is 12.7. The third kappa shape index (κ3) is 3.63. The summed E-state index contributed by atoms with van der Waals surface area (Å²) in [4.78, 5) is 6.68. The van der Waals surface area contributed by atoms with E-state index in [9.17, 15) is 0 Å². The summed E-state index contributed by atoms with van der Waals surface area (Å²) < 4.78 is 11.5. The van der Waals surface area contributed by atoms with Gasteiger partial charge in [0.2, 0.25) is 0 Å². The standard InChI is InChI=1S/C21H29N3O2/c1-16-20(17(2)26-23-16)13-24-15-21(8-4-3-5-9-21)12-18(24)14-25-19-6-10-22-11-7-19/h6-7,10-11,18H,3-5,8-9,12-15H2,1-2H3. The van der Waals surface area contributed by atoms with Crippen LogP contribution in [0.4, 0.5) is 0 Å². The summed E-state index contributed by atoms with van der Waals surface area (Å²) in [5.74, 6) is 1.85. The Morgan fingerprint density at radius 2 is 1.96 bits per heavy atom. The smallest absolute Gasteiger partial charge is 0.138 e. The average Bonchev–Trinajstić information content (AvgIpc) is 3.16. The van der Waals surface area contributed by atoms with Crippen LogP contribution in [-0.2, 0) is 6.54 Å². The number of aryl methyl sites for hydroxylation is 2. The van der Waals surface area contributed by atoms with E-state index >= 15 is 0 Å². The molecule has 3 heterocycles. The van der Waals surface area contributed by atoms with Gasteiger partial charge in [-0.1, -0.05) is 24.4 Å². The summed E-state index contributed by atoms with van der Waals surface area (Å²) in [7, 11) is 0. The van der Waals surface area contributed by atoms with E-state index in [-0.39, 0.29) is 0 Å². The van der Waals surface area contributed by atoms with Crippen molar-refractivity contribution < 1.29 is 9.26 Å². The van der Waals surface area contributed by atoms with E-state index < -0.39 is 0 Å². The highest BCUT2D eigenvalue weighted by molar-refractivity contribution is 5.21. The SMILES string of the molecule is Cc1noc(C)c1CN1CC2(CCCCC2)CC1COc1ccncc1. The van der Waals surface area contributed by atoms with Crippen LogP contribution < -0.4 is 4.74 Å². The van der Waals surface area contributed by atoms with Crippen LogP contribution in [0, 0.1) is 19.3 Å². The molecule has 26 heavy (non-hydrogen) atoms. The summed E-state index contributed by atoms with van der Waals surface area (Å²) in [6.07, 6.45) is 11.7. The zero-order valence-corrected chi connectivity index (χ0v) is 15.9. The largest absolute Gasteiger partial charge is 0.492 e. The van der Waals surface area contributed by atoms with E-state index in [4.69, 9.17) is 9.26 Å². The first-order valence-corrected chi connectivity index (χ1v) is 9.84. The van der Waals surface area contributed by atoms with Crippen molar-refractivity contribution in [3.05, 3.63) is 41.5 Å². The minimum atomic E-state index is 0.440. The second kappa shape index (κ2) is 7.39. The van der Waals surface area contributed by atoms with Crippen LogP contribution in [-0.4, -0.2) is 34.2 Å². The molecule has 1 atom stereocenters. The van der Waals surface area contributed by atoms with Crippen molar-refractivity contribution in [1.82, 2.24) is 15.0 Å². The lowest BCUT2D eigenvalue weighted by Gasteiger charge is -2.33. The van der Waals surface area contributed by atoms with Crippen molar-refractivity contribution in [3.63, 3.8) is 0 Å². The van der Waals surface area contributed by atoms with Crippen molar-refractivity contribution in [1.29, 1.82) is 0 Å². The Balaban J connectivity index is 1.50. The average molecular weight is 355 g/mol. The molecule has 5 heteroatoms. The molecule has 2 aromatic rings. The maximum absolute atomic E-state index is 6.11. The van der Waals surface area contributed by atoms with Gasteiger partial charge in [-0.25, -0.2) is 0 Å². The van der Waals surface area contributed by atoms with Crippen LogP contribution in [0.3, 0.4) is 0 Å². The second-order valence-corrected chi connectivity index (χ2v) is 8.12. The molecule has 2 fully saturated rings. The fourth-order valence-electron chi connectivity index (χ4n) is 4.82. The maximum Gasteiger partial charge on any atom is 0.138 e. The Kier molecular flexibility index (Phi) is 4.98. The molecular formula is C21H29N3O2. The lowest BCUT2D eigenvalue weighted by atomic mass is 9.73. The molecule has 1 unspecified atom stereocenters. The highest BCUT2D eigenvalue weighted by atomic mass is 16.5. The zero-order chi connectivity index (χ0) is 18.0. The number of pyridine rings is 1. The van der Waals surface area contributed by atoms with Gasteiger partial charge in [-0.15, -0.1) is 0 Å². The number of hydrogen-bond donors (Lipinski definition) is 0. The van der Waals surface area contributed by atoms with Crippen LogP contribution in [0.15, 0.2) is 29.0 Å². The van der Waals surface area contributed by atoms with Gasteiger partial charge in [-0.3, -0.25) is 9.88 Å². The van der Waals surface area contributed by atoms with Gasteiger partial charge in [0.25, 0.3) is 0 Å². The van der Waals surface area contributed by atoms with Gasteiger partial charge in [-0.05, 0) is 50.7 Å². The Hall–Kier alpha value is -1.88. The molecule has 1 aliphatic carbocycles. The minimum Gasteiger partial charge on any atom is -0.492 e. The molecule has 0 aromatic carbocycles. The van der Waals surface area contributed by atoms with Gasteiger partial charge in [0.1, 0.15) is 18.1 Å². The number of likely N-dealkylation sites (tertiary alicyclic amines) is 1. The number of rotatable bonds is 5. The molecule has 4 rings (SSSR count). The summed E-state index contributed by atoms with van der Waals surface area (Å²) in [5, 5.41) is 4.14. The van der Waals surface area contributed by atoms with Crippen LogP contribution >= 0.6 is 0 Å². The molecule has 2 aliphatic rings. The van der Waals surface area contributed by atoms with Gasteiger partial charge < -0.3 is 9.26 Å². The maximum atomic E-state index is 6.11. The van der Waals surface area contributed by atoms with Gasteiger partial charge in [0.15, 0.2) is 0 Å². The van der Waals surface area contributed by atoms with Crippen molar-refractivity contribution in [3.8, 4) is 5.75 Å². The molecule has 1 saturated heterocycles. The fourth-order valence-corrected chi connectivity index (χ4v) is 4.82. The Morgan fingerprint density at radius 3 is 2.65 bits per heavy atom. The first-order valence-electron chi connectivity index (χ1n) is 9.84. The fraction of sp³-hybridized carbons (Fsp3) is 0.619. The van der Waals surface area contributed by atoms with E-state index in [1.165, 1.54) is 50.6 Å². The number of aromatic nitrogens is 2. The minimum absolute atomic E-state index is 0.440. The molecule has 1 saturated carbocycles. The lowest BCUT2D eigenvalue weighted by Crippen LogP contribution is -2.34. The van der Waals surface area contributed by atoms with Gasteiger partial charge in [0.05, 0.1) is 5.69 Å². The molecule has 0 bridgehead atoms. The highest BCUT2D eigenvalue weighted by Crippen LogP contribution is 2.46. The molecule has 140 valence electrons. The Morgan fingerprint density at radius 1 is 1.19 bits per heavy atom. The van der Waals surface area contributed by atoms with E-state index in [0.29, 0.717) is 11.5 Å². The number of hydrogen-bond acceptors (Lipinski definition) is 5. The predicted octanol–water partition coefficient (Wildman–Crippen LogP) is 4.29. The van der Waals surface area contributed by atoms with E-state index in [0.717, 1.165) is 30.4 Å². The molecule has 2 aromatic heterocycles. The molecule has 5 nitrogen and oxygen atoms in total. The van der Waals surface area contributed by atoms with E-state index in [1.54, 1.807) is 12.4 Å². The molecule has 1 spiro atoms. The van der Waals surface area contributed by atoms with Crippen LogP contribution in [0.25, 0.3) is 0 Å². The molecular weight excluding hydrogens is 326 g/mol. The van der Waals surface area contributed by atoms with Crippen molar-refractivity contribution in [2.45, 2.75) is 65.0 Å². The third-order valence-corrected chi connectivity index (χ3v) is 6.27. The van der Waals surface area contributed by atoms with Crippen molar-refractivity contribution in [2.24, 2.45) is 5.41 Å². The predicted molar refractivity (Wildman–Crippen MR) is 100 cm³/mol. The Bertz CT molecular complexity index is 703. The van der Waals surface area contributed by atoms with Gasteiger partial charge >= 0.3 is 0 Å². The summed E-state index contributed by atoms with van der Waals surface area (Å²) in [5.41, 5.74) is 2.73. The molecule has 0 radical (unpaired) electrons. The summed E-state index contributed by atoms with van der Waals surface area (Å²) in [6.45, 7) is 6.87. The summed E-state index contributed by atoms with van der Waals surface area (Å²) >= 11 is 0.